The third-order valence-electron chi connectivity index (χ3n) is 3.88. The molecule has 0 heterocycles. The van der Waals surface area contributed by atoms with Gasteiger partial charge in [-0.15, -0.1) is 0 Å². The Morgan fingerprint density at radius 3 is 2.23 bits per heavy atom. The molecule has 5 heteroatoms. The van der Waals surface area contributed by atoms with Crippen LogP contribution in [0.5, 0.6) is 11.5 Å². The van der Waals surface area contributed by atoms with Gasteiger partial charge in [-0.05, 0) is 41.5 Å². The Hall–Kier alpha value is -2.36. The molecule has 3 aromatic rings. The highest BCUT2D eigenvalue weighted by Crippen LogP contribution is 2.29. The van der Waals surface area contributed by atoms with Gasteiger partial charge in [0.1, 0.15) is 18.1 Å². The van der Waals surface area contributed by atoms with Crippen molar-refractivity contribution in [3.05, 3.63) is 87.9 Å². The van der Waals surface area contributed by atoms with Gasteiger partial charge in [0.15, 0.2) is 0 Å². The zero-order valence-corrected chi connectivity index (χ0v) is 15.8. The fraction of sp³-hybridized carbons (Fsp3) is 0.143. The third-order valence-corrected chi connectivity index (χ3v) is 4.47. The number of hydrogen-bond acceptors (Lipinski definition) is 3. The average Bonchev–Trinajstić information content (AvgIpc) is 2.66. The van der Waals surface area contributed by atoms with Gasteiger partial charge in [-0.25, -0.2) is 0 Å². The standard InChI is InChI=1S/C21H19Cl2NO2/c1-25-20-10-8-17(12-19(20)23)24-13-16-7-9-21(18(22)11-16)26-14-15-5-3-2-4-6-15/h2-12,24H,13-14H2,1H3. The van der Waals surface area contributed by atoms with Crippen LogP contribution in [0.1, 0.15) is 11.1 Å². The van der Waals surface area contributed by atoms with Crippen LogP contribution in [0.2, 0.25) is 10.0 Å². The van der Waals surface area contributed by atoms with E-state index in [9.17, 15) is 0 Å². The Morgan fingerprint density at radius 1 is 0.808 bits per heavy atom. The Morgan fingerprint density at radius 2 is 1.54 bits per heavy atom. The summed E-state index contributed by atoms with van der Waals surface area (Å²) in [6.45, 7) is 1.11. The number of benzene rings is 3. The SMILES string of the molecule is COc1ccc(NCc2ccc(OCc3ccccc3)c(Cl)c2)cc1Cl. The van der Waals surface area contributed by atoms with Crippen molar-refractivity contribution >= 4 is 28.9 Å². The quantitative estimate of drug-likeness (QED) is 0.523. The summed E-state index contributed by atoms with van der Waals surface area (Å²) < 4.78 is 11.0. The van der Waals surface area contributed by atoms with E-state index in [1.807, 2.05) is 66.7 Å². The summed E-state index contributed by atoms with van der Waals surface area (Å²) in [6, 6.07) is 21.4. The average molecular weight is 388 g/mol. The topological polar surface area (TPSA) is 30.5 Å². The molecule has 0 radical (unpaired) electrons. The van der Waals surface area contributed by atoms with E-state index >= 15 is 0 Å². The molecule has 0 bridgehead atoms. The van der Waals surface area contributed by atoms with Crippen LogP contribution in [0.4, 0.5) is 5.69 Å². The zero-order valence-electron chi connectivity index (χ0n) is 14.3. The van der Waals surface area contributed by atoms with Gasteiger partial charge in [-0.1, -0.05) is 59.6 Å². The molecule has 3 nitrogen and oxygen atoms in total. The molecule has 1 N–H and O–H groups in total. The molecule has 0 atom stereocenters. The van der Waals surface area contributed by atoms with E-state index in [0.29, 0.717) is 34.7 Å². The summed E-state index contributed by atoms with van der Waals surface area (Å²) in [7, 11) is 1.59. The first-order valence-electron chi connectivity index (χ1n) is 8.18. The van der Waals surface area contributed by atoms with Crippen molar-refractivity contribution in [1.29, 1.82) is 0 Å². The predicted octanol–water partition coefficient (Wildman–Crippen LogP) is 6.19. The molecule has 134 valence electrons. The van der Waals surface area contributed by atoms with E-state index in [2.05, 4.69) is 5.32 Å². The molecule has 0 unspecified atom stereocenters. The first-order valence-corrected chi connectivity index (χ1v) is 8.94. The van der Waals surface area contributed by atoms with Crippen LogP contribution >= 0.6 is 23.2 Å². The Labute approximate surface area is 163 Å². The zero-order chi connectivity index (χ0) is 18.4. The lowest BCUT2D eigenvalue weighted by molar-refractivity contribution is 0.306. The number of ether oxygens (including phenoxy) is 2. The summed E-state index contributed by atoms with van der Waals surface area (Å²) in [5.74, 6) is 1.33. The van der Waals surface area contributed by atoms with Gasteiger partial charge in [0.2, 0.25) is 0 Å². The minimum Gasteiger partial charge on any atom is -0.495 e. The number of hydrogen-bond donors (Lipinski definition) is 1. The maximum Gasteiger partial charge on any atom is 0.138 e. The lowest BCUT2D eigenvalue weighted by Gasteiger charge is -2.12. The third kappa shape index (κ3) is 4.84. The summed E-state index contributed by atoms with van der Waals surface area (Å²) >= 11 is 12.5. The van der Waals surface area contributed by atoms with Crippen LogP contribution in [0.25, 0.3) is 0 Å². The summed E-state index contributed by atoms with van der Waals surface area (Å²) in [5, 5.41) is 4.48. The lowest BCUT2D eigenvalue weighted by atomic mass is 10.2. The van der Waals surface area contributed by atoms with E-state index in [1.165, 1.54) is 0 Å². The van der Waals surface area contributed by atoms with Gasteiger partial charge < -0.3 is 14.8 Å². The van der Waals surface area contributed by atoms with E-state index in [1.54, 1.807) is 7.11 Å². The Kier molecular flexibility index (Phi) is 6.26. The van der Waals surface area contributed by atoms with Crippen LogP contribution in [0.15, 0.2) is 66.7 Å². The van der Waals surface area contributed by atoms with Gasteiger partial charge in [0.05, 0.1) is 17.2 Å². The number of nitrogens with one attached hydrogen (secondary N) is 1. The smallest absolute Gasteiger partial charge is 0.138 e. The van der Waals surface area contributed by atoms with Crippen molar-refractivity contribution in [3.63, 3.8) is 0 Å². The number of methoxy groups -OCH3 is 1. The summed E-state index contributed by atoms with van der Waals surface area (Å²) in [4.78, 5) is 0. The van der Waals surface area contributed by atoms with Crippen LogP contribution in [-0.4, -0.2) is 7.11 Å². The van der Waals surface area contributed by atoms with Crippen LogP contribution in [-0.2, 0) is 13.2 Å². The number of rotatable bonds is 7. The second-order valence-electron chi connectivity index (χ2n) is 5.74. The fourth-order valence-corrected chi connectivity index (χ4v) is 3.00. The first-order chi connectivity index (χ1) is 12.7. The minimum atomic E-state index is 0.489. The van der Waals surface area contributed by atoms with Gasteiger partial charge >= 0.3 is 0 Å². The van der Waals surface area contributed by atoms with E-state index < -0.39 is 0 Å². The Bertz CT molecular complexity index is 869. The van der Waals surface area contributed by atoms with Gasteiger partial charge in [-0.2, -0.15) is 0 Å². The van der Waals surface area contributed by atoms with E-state index in [-0.39, 0.29) is 0 Å². The maximum absolute atomic E-state index is 6.35. The fourth-order valence-electron chi connectivity index (χ4n) is 2.49. The molecule has 0 aliphatic rings. The molecular weight excluding hydrogens is 369 g/mol. The van der Waals surface area contributed by atoms with Crippen molar-refractivity contribution in [1.82, 2.24) is 0 Å². The van der Waals surface area contributed by atoms with Crippen molar-refractivity contribution in [2.45, 2.75) is 13.2 Å². The van der Waals surface area contributed by atoms with Crippen LogP contribution in [0, 0.1) is 0 Å². The molecular formula is C21H19Cl2NO2. The second kappa shape index (κ2) is 8.84. The predicted molar refractivity (Wildman–Crippen MR) is 108 cm³/mol. The monoisotopic (exact) mass is 387 g/mol. The van der Waals surface area contributed by atoms with Crippen molar-refractivity contribution in [2.75, 3.05) is 12.4 Å². The molecule has 0 spiro atoms. The minimum absolute atomic E-state index is 0.489. The molecule has 26 heavy (non-hydrogen) atoms. The molecule has 3 aromatic carbocycles. The van der Waals surface area contributed by atoms with Crippen molar-refractivity contribution in [2.24, 2.45) is 0 Å². The molecule has 0 saturated heterocycles. The summed E-state index contributed by atoms with van der Waals surface area (Å²) in [6.07, 6.45) is 0. The number of halogens is 2. The maximum atomic E-state index is 6.35. The van der Waals surface area contributed by atoms with E-state index in [4.69, 9.17) is 32.7 Å². The normalized spacial score (nSPS) is 10.4. The van der Waals surface area contributed by atoms with Gasteiger partial charge in [-0.3, -0.25) is 0 Å². The molecule has 0 fully saturated rings. The lowest BCUT2D eigenvalue weighted by Crippen LogP contribution is -2.01. The molecule has 0 amide bonds. The van der Waals surface area contributed by atoms with Gasteiger partial charge in [0, 0.05) is 12.2 Å². The van der Waals surface area contributed by atoms with Crippen molar-refractivity contribution < 1.29 is 9.47 Å². The molecule has 0 saturated carbocycles. The molecule has 0 aliphatic heterocycles. The molecule has 0 aliphatic carbocycles. The molecule has 0 aromatic heterocycles. The highest BCUT2D eigenvalue weighted by molar-refractivity contribution is 6.32. The van der Waals surface area contributed by atoms with Crippen molar-refractivity contribution in [3.8, 4) is 11.5 Å². The molecule has 3 rings (SSSR count). The summed E-state index contributed by atoms with van der Waals surface area (Å²) in [5.41, 5.74) is 3.07. The van der Waals surface area contributed by atoms with Crippen LogP contribution in [0.3, 0.4) is 0 Å². The highest BCUT2D eigenvalue weighted by atomic mass is 35.5. The first kappa shape index (κ1) is 18.4. The highest BCUT2D eigenvalue weighted by Gasteiger charge is 2.05. The van der Waals surface area contributed by atoms with Gasteiger partial charge in [0.25, 0.3) is 0 Å². The Balaban J connectivity index is 1.59. The van der Waals surface area contributed by atoms with Crippen LogP contribution < -0.4 is 14.8 Å². The number of anilines is 1. The second-order valence-corrected chi connectivity index (χ2v) is 6.56. The van der Waals surface area contributed by atoms with E-state index in [0.717, 1.165) is 16.8 Å². The largest absolute Gasteiger partial charge is 0.495 e.